The van der Waals surface area contributed by atoms with Gasteiger partial charge in [-0.25, -0.2) is 4.98 Å². The number of amides is 1. The van der Waals surface area contributed by atoms with Crippen LogP contribution in [-0.4, -0.2) is 71.1 Å². The van der Waals surface area contributed by atoms with Gasteiger partial charge in [-0.3, -0.25) is 19.1 Å². The molecule has 1 atom stereocenters. The summed E-state index contributed by atoms with van der Waals surface area (Å²) in [6, 6.07) is 6.05. The second-order valence-electron chi connectivity index (χ2n) is 9.14. The van der Waals surface area contributed by atoms with Crippen LogP contribution in [0, 0.1) is 5.92 Å². The predicted octanol–water partition coefficient (Wildman–Crippen LogP) is 1.94. The highest BCUT2D eigenvalue weighted by atomic mass is 16.2. The highest BCUT2D eigenvalue weighted by Crippen LogP contribution is 2.30. The lowest BCUT2D eigenvalue weighted by Crippen LogP contribution is -2.54. The molecular weight excluding hydrogens is 378 g/mol. The molecule has 3 aliphatic rings. The number of likely N-dealkylation sites (tertiary alicyclic amines) is 1. The molecule has 2 aromatic rings. The number of hydrogen-bond acceptors (Lipinski definition) is 5. The molecule has 0 radical (unpaired) electrons. The summed E-state index contributed by atoms with van der Waals surface area (Å²) in [6.07, 6.45) is 7.34. The highest BCUT2D eigenvalue weighted by Gasteiger charge is 2.32. The Morgan fingerprint density at radius 3 is 2.57 bits per heavy atom. The maximum Gasteiger partial charge on any atom is 0.261 e. The summed E-state index contributed by atoms with van der Waals surface area (Å²) in [5.74, 6) is 0.927. The summed E-state index contributed by atoms with van der Waals surface area (Å²) in [5.41, 5.74) is 1.95. The lowest BCUT2D eigenvalue weighted by Gasteiger charge is -2.40. The summed E-state index contributed by atoms with van der Waals surface area (Å²) in [4.78, 5) is 36.6. The number of hydrogen-bond donors (Lipinski definition) is 0. The first-order valence-electron chi connectivity index (χ1n) is 11.3. The summed E-state index contributed by atoms with van der Waals surface area (Å²) < 4.78 is 1.76. The van der Waals surface area contributed by atoms with E-state index < -0.39 is 0 Å². The average molecular weight is 410 g/mol. The lowest BCUT2D eigenvalue weighted by molar-refractivity contribution is -0.135. The van der Waals surface area contributed by atoms with Gasteiger partial charge in [-0.2, -0.15) is 0 Å². The van der Waals surface area contributed by atoms with Gasteiger partial charge in [0.1, 0.15) is 0 Å². The number of likely N-dealkylation sites (N-methyl/N-ethyl adjacent to an activating group) is 1. The molecule has 7 nitrogen and oxygen atoms in total. The highest BCUT2D eigenvalue weighted by molar-refractivity contribution is 5.82. The van der Waals surface area contributed by atoms with E-state index in [9.17, 15) is 9.59 Å². The Hall–Kier alpha value is -2.41. The van der Waals surface area contributed by atoms with Gasteiger partial charge in [0.05, 0.1) is 23.3 Å². The Morgan fingerprint density at radius 1 is 1.00 bits per heavy atom. The van der Waals surface area contributed by atoms with Gasteiger partial charge in [0.25, 0.3) is 5.56 Å². The molecule has 0 N–H and O–H groups in total. The molecule has 3 fully saturated rings. The maximum atomic E-state index is 12.7. The molecule has 1 aromatic heterocycles. The molecule has 1 aromatic carbocycles. The van der Waals surface area contributed by atoms with Crippen molar-refractivity contribution < 1.29 is 4.79 Å². The van der Waals surface area contributed by atoms with Gasteiger partial charge in [0, 0.05) is 52.0 Å². The van der Waals surface area contributed by atoms with Crippen LogP contribution in [0.4, 0.5) is 5.69 Å². The van der Waals surface area contributed by atoms with Gasteiger partial charge < -0.3 is 9.80 Å². The van der Waals surface area contributed by atoms with E-state index in [0.29, 0.717) is 11.3 Å². The zero-order valence-corrected chi connectivity index (χ0v) is 17.8. The summed E-state index contributed by atoms with van der Waals surface area (Å²) in [7, 11) is 1.93. The molecular formula is C23H31N5O2. The first-order chi connectivity index (χ1) is 14.6. The Kier molecular flexibility index (Phi) is 5.23. The Bertz CT molecular complexity index is 991. The van der Waals surface area contributed by atoms with Crippen molar-refractivity contribution in [3.05, 3.63) is 34.9 Å². The summed E-state index contributed by atoms with van der Waals surface area (Å²) in [6.45, 7) is 5.22. The van der Waals surface area contributed by atoms with E-state index in [1.54, 1.807) is 10.9 Å². The number of aromatic nitrogens is 2. The van der Waals surface area contributed by atoms with Crippen molar-refractivity contribution in [3.63, 3.8) is 0 Å². The third-order valence-corrected chi connectivity index (χ3v) is 6.96. The van der Waals surface area contributed by atoms with Crippen LogP contribution in [0.3, 0.4) is 0 Å². The molecule has 2 saturated heterocycles. The molecule has 0 bridgehead atoms. The third kappa shape index (κ3) is 3.83. The molecule has 1 saturated carbocycles. The molecule has 160 valence electrons. The van der Waals surface area contributed by atoms with Gasteiger partial charge in [-0.1, -0.05) is 0 Å². The minimum atomic E-state index is 0.0304. The van der Waals surface area contributed by atoms with Crippen molar-refractivity contribution in [1.29, 1.82) is 0 Å². The zero-order valence-electron chi connectivity index (χ0n) is 17.8. The van der Waals surface area contributed by atoms with Gasteiger partial charge in [-0.15, -0.1) is 0 Å². The number of rotatable bonds is 4. The van der Waals surface area contributed by atoms with Crippen LogP contribution in [0.2, 0.25) is 0 Å². The molecule has 1 aliphatic carbocycles. The number of benzene rings is 1. The fourth-order valence-electron chi connectivity index (χ4n) is 4.86. The molecule has 5 rings (SSSR count). The largest absolute Gasteiger partial charge is 0.369 e. The lowest BCUT2D eigenvalue weighted by atomic mass is 10.1. The third-order valence-electron chi connectivity index (χ3n) is 6.96. The second kappa shape index (κ2) is 8.02. The van der Waals surface area contributed by atoms with Crippen LogP contribution in [0.5, 0.6) is 0 Å². The molecule has 1 unspecified atom stereocenters. The van der Waals surface area contributed by atoms with Crippen LogP contribution in [0.15, 0.2) is 29.3 Å². The van der Waals surface area contributed by atoms with Gasteiger partial charge in [-0.05, 0) is 56.2 Å². The van der Waals surface area contributed by atoms with E-state index in [2.05, 4.69) is 14.8 Å². The standard InChI is InChI=1S/C23H31N5O2/c1-25-9-3-2-4-21(23(25)30)27-12-10-26(11-13-27)18-7-8-19-20(14-18)24-16-28(22(19)29)15-17-5-6-17/h7-8,14,16-17,21H,2-6,9-13,15H2,1H3. The van der Waals surface area contributed by atoms with Crippen molar-refractivity contribution in [1.82, 2.24) is 19.4 Å². The van der Waals surface area contributed by atoms with Crippen molar-refractivity contribution in [2.24, 2.45) is 5.92 Å². The van der Waals surface area contributed by atoms with Crippen molar-refractivity contribution >= 4 is 22.5 Å². The number of fused-ring (bicyclic) bond motifs is 1. The number of carbonyl (C=O) groups excluding carboxylic acids is 1. The topological polar surface area (TPSA) is 61.7 Å². The summed E-state index contributed by atoms with van der Waals surface area (Å²) >= 11 is 0. The maximum absolute atomic E-state index is 12.7. The van der Waals surface area contributed by atoms with Gasteiger partial charge >= 0.3 is 0 Å². The molecule has 30 heavy (non-hydrogen) atoms. The number of anilines is 1. The predicted molar refractivity (Wildman–Crippen MR) is 118 cm³/mol. The minimum Gasteiger partial charge on any atom is -0.369 e. The van der Waals surface area contributed by atoms with Crippen LogP contribution in [0.1, 0.15) is 32.1 Å². The zero-order chi connectivity index (χ0) is 20.7. The number of piperazine rings is 1. The Morgan fingerprint density at radius 2 is 1.80 bits per heavy atom. The van der Waals surface area contributed by atoms with Crippen LogP contribution in [0.25, 0.3) is 10.9 Å². The Balaban J connectivity index is 1.28. The molecule has 1 amide bonds. The van der Waals surface area contributed by atoms with Crippen LogP contribution < -0.4 is 10.5 Å². The summed E-state index contributed by atoms with van der Waals surface area (Å²) in [5, 5.41) is 0.702. The molecule has 2 aliphatic heterocycles. The SMILES string of the molecule is CN1CCCCC(N2CCN(c3ccc4c(=O)n(CC5CC5)cnc4c3)CC2)C1=O. The van der Waals surface area contributed by atoms with Crippen molar-refractivity contribution in [2.75, 3.05) is 44.7 Å². The average Bonchev–Trinajstić information content (AvgIpc) is 3.60. The van der Waals surface area contributed by atoms with Crippen LogP contribution >= 0.6 is 0 Å². The molecule has 7 heteroatoms. The Labute approximate surface area is 177 Å². The van der Waals surface area contributed by atoms with E-state index in [4.69, 9.17) is 0 Å². The smallest absolute Gasteiger partial charge is 0.261 e. The quantitative estimate of drug-likeness (QED) is 0.772. The van der Waals surface area contributed by atoms with Crippen molar-refractivity contribution in [3.8, 4) is 0 Å². The van der Waals surface area contributed by atoms with Gasteiger partial charge in [0.15, 0.2) is 0 Å². The number of carbonyl (C=O) groups is 1. The monoisotopic (exact) mass is 409 g/mol. The fraction of sp³-hybridized carbons (Fsp3) is 0.609. The first-order valence-corrected chi connectivity index (χ1v) is 11.3. The normalized spacial score (nSPS) is 23.8. The molecule has 0 spiro atoms. The first kappa shape index (κ1) is 19.5. The van der Waals surface area contributed by atoms with E-state index in [0.717, 1.165) is 69.7 Å². The minimum absolute atomic E-state index is 0.0304. The van der Waals surface area contributed by atoms with E-state index in [-0.39, 0.29) is 17.5 Å². The van der Waals surface area contributed by atoms with Crippen molar-refractivity contribution in [2.45, 2.75) is 44.7 Å². The fourth-order valence-corrected chi connectivity index (χ4v) is 4.86. The van der Waals surface area contributed by atoms with E-state index in [1.165, 1.54) is 12.8 Å². The van der Waals surface area contributed by atoms with Crippen LogP contribution in [-0.2, 0) is 11.3 Å². The number of nitrogens with zero attached hydrogens (tertiary/aromatic N) is 5. The second-order valence-corrected chi connectivity index (χ2v) is 9.14. The van der Waals surface area contributed by atoms with E-state index >= 15 is 0 Å². The van der Waals surface area contributed by atoms with Gasteiger partial charge in [0.2, 0.25) is 5.91 Å². The van der Waals surface area contributed by atoms with E-state index in [1.807, 2.05) is 30.1 Å². The molecule has 3 heterocycles.